The van der Waals surface area contributed by atoms with Crippen molar-refractivity contribution in [3.8, 4) is 11.3 Å². The Morgan fingerprint density at radius 1 is 1.03 bits per heavy atom. The maximum Gasteiger partial charge on any atom is 0.243 e. The van der Waals surface area contributed by atoms with Gasteiger partial charge in [-0.15, -0.1) is 11.3 Å². The average Bonchev–Trinajstić information content (AvgIpc) is 3.16. The number of carbonyl (C=O) groups excluding carboxylic acids is 1. The number of likely N-dealkylation sites (N-methyl/N-ethyl adjacent to an activating group) is 1. The summed E-state index contributed by atoms with van der Waals surface area (Å²) in [6, 6.07) is 13.0. The fraction of sp³-hybridized carbons (Fsp3) is 0.200. The molecule has 0 unspecified atom stereocenters. The van der Waals surface area contributed by atoms with Gasteiger partial charge in [-0.3, -0.25) is 9.52 Å². The Kier molecular flexibility index (Phi) is 6.98. The molecule has 1 amide bonds. The normalized spacial score (nSPS) is 12.0. The standard InChI is InChI=1S/C20H22N4O5S3/c1-14-4-10-17(11-5-14)32(28,29)24(2)12-19(25)22-20-21-18(13-30-20)15-6-8-16(9-7-15)23-31(3,26)27/h4-11,13,23H,12H2,1-3H3,(H,21,22,25). The lowest BCUT2D eigenvalue weighted by molar-refractivity contribution is -0.116. The number of hydrogen-bond acceptors (Lipinski definition) is 7. The summed E-state index contributed by atoms with van der Waals surface area (Å²) in [7, 11) is -5.81. The fourth-order valence-electron chi connectivity index (χ4n) is 2.72. The van der Waals surface area contributed by atoms with E-state index >= 15 is 0 Å². The summed E-state index contributed by atoms with van der Waals surface area (Å²) in [4.78, 5) is 16.8. The third-order valence-corrected chi connectivity index (χ3v) is 7.51. The molecule has 12 heteroatoms. The van der Waals surface area contributed by atoms with Crippen molar-refractivity contribution < 1.29 is 21.6 Å². The Labute approximate surface area is 191 Å². The van der Waals surface area contributed by atoms with Gasteiger partial charge in [0.05, 0.1) is 23.4 Å². The van der Waals surface area contributed by atoms with E-state index in [0.29, 0.717) is 16.5 Å². The number of aryl methyl sites for hydroxylation is 1. The maximum atomic E-state index is 12.6. The van der Waals surface area contributed by atoms with Crippen molar-refractivity contribution in [3.05, 3.63) is 59.5 Å². The summed E-state index contributed by atoms with van der Waals surface area (Å²) in [5.41, 5.74) is 2.69. The van der Waals surface area contributed by atoms with E-state index in [-0.39, 0.29) is 11.4 Å². The number of thiazole rings is 1. The van der Waals surface area contributed by atoms with Crippen LogP contribution < -0.4 is 10.0 Å². The average molecular weight is 495 g/mol. The number of rotatable bonds is 8. The Bertz CT molecular complexity index is 1320. The summed E-state index contributed by atoms with van der Waals surface area (Å²) in [5.74, 6) is -0.517. The van der Waals surface area contributed by atoms with Crippen LogP contribution in [0.1, 0.15) is 5.56 Å². The summed E-state index contributed by atoms with van der Waals surface area (Å²) in [6.45, 7) is 1.49. The zero-order valence-corrected chi connectivity index (χ0v) is 20.0. The highest BCUT2D eigenvalue weighted by Crippen LogP contribution is 2.26. The first kappa shape index (κ1) is 23.9. The molecule has 2 N–H and O–H groups in total. The van der Waals surface area contributed by atoms with Crippen molar-refractivity contribution in [2.45, 2.75) is 11.8 Å². The second-order valence-electron chi connectivity index (χ2n) is 7.11. The van der Waals surface area contributed by atoms with Gasteiger partial charge in [0.2, 0.25) is 26.0 Å². The quantitative estimate of drug-likeness (QED) is 0.496. The van der Waals surface area contributed by atoms with Crippen molar-refractivity contribution in [3.63, 3.8) is 0 Å². The number of carbonyl (C=O) groups is 1. The van der Waals surface area contributed by atoms with Crippen LogP contribution in [0.15, 0.2) is 58.8 Å². The minimum atomic E-state index is -3.79. The van der Waals surface area contributed by atoms with E-state index in [0.717, 1.165) is 21.7 Å². The minimum Gasteiger partial charge on any atom is -0.301 e. The molecule has 3 aromatic rings. The molecule has 9 nitrogen and oxygen atoms in total. The van der Waals surface area contributed by atoms with Gasteiger partial charge in [-0.2, -0.15) is 4.31 Å². The van der Waals surface area contributed by atoms with Gasteiger partial charge in [0.25, 0.3) is 0 Å². The molecule has 0 radical (unpaired) electrons. The molecule has 2 aromatic carbocycles. The first-order valence-electron chi connectivity index (χ1n) is 9.31. The van der Waals surface area contributed by atoms with E-state index in [1.165, 1.54) is 30.5 Å². The second kappa shape index (κ2) is 9.36. The smallest absolute Gasteiger partial charge is 0.243 e. The number of amides is 1. The molecule has 0 atom stereocenters. The van der Waals surface area contributed by atoms with Gasteiger partial charge in [-0.25, -0.2) is 21.8 Å². The van der Waals surface area contributed by atoms with Crippen LogP contribution in [0.5, 0.6) is 0 Å². The lowest BCUT2D eigenvalue weighted by Crippen LogP contribution is -2.34. The molecule has 170 valence electrons. The van der Waals surface area contributed by atoms with Crippen LogP contribution in [0.25, 0.3) is 11.3 Å². The van der Waals surface area contributed by atoms with Crippen molar-refractivity contribution in [2.24, 2.45) is 0 Å². The number of hydrogen-bond donors (Lipinski definition) is 2. The van der Waals surface area contributed by atoms with Crippen LogP contribution in [0.4, 0.5) is 10.8 Å². The molecule has 1 heterocycles. The number of anilines is 2. The van der Waals surface area contributed by atoms with Crippen molar-refractivity contribution >= 4 is 48.1 Å². The highest BCUT2D eigenvalue weighted by molar-refractivity contribution is 7.92. The molecule has 3 rings (SSSR count). The van der Waals surface area contributed by atoms with Crippen LogP contribution >= 0.6 is 11.3 Å². The number of nitrogens with zero attached hydrogens (tertiary/aromatic N) is 2. The predicted octanol–water partition coefficient (Wildman–Crippen LogP) is 2.75. The largest absolute Gasteiger partial charge is 0.301 e. The van der Waals surface area contributed by atoms with Gasteiger partial charge in [0, 0.05) is 23.7 Å². The number of nitrogens with one attached hydrogen (secondary N) is 2. The first-order chi connectivity index (χ1) is 14.9. The second-order valence-corrected chi connectivity index (χ2v) is 11.8. The van der Waals surface area contributed by atoms with E-state index in [4.69, 9.17) is 0 Å². The zero-order valence-electron chi connectivity index (χ0n) is 17.6. The van der Waals surface area contributed by atoms with E-state index in [9.17, 15) is 21.6 Å². The molecule has 0 bridgehead atoms. The predicted molar refractivity (Wildman–Crippen MR) is 126 cm³/mol. The van der Waals surface area contributed by atoms with Gasteiger partial charge in [0.1, 0.15) is 0 Å². The highest BCUT2D eigenvalue weighted by atomic mass is 32.2. The molecule has 0 spiro atoms. The summed E-state index contributed by atoms with van der Waals surface area (Å²) in [5, 5.41) is 4.67. The van der Waals surface area contributed by atoms with Gasteiger partial charge >= 0.3 is 0 Å². The third kappa shape index (κ3) is 6.13. The van der Waals surface area contributed by atoms with Crippen LogP contribution in [0.3, 0.4) is 0 Å². The lowest BCUT2D eigenvalue weighted by atomic mass is 10.1. The van der Waals surface area contributed by atoms with Gasteiger partial charge in [-0.1, -0.05) is 29.8 Å². The van der Waals surface area contributed by atoms with E-state index < -0.39 is 26.0 Å². The van der Waals surface area contributed by atoms with Crippen molar-refractivity contribution in [1.29, 1.82) is 0 Å². The SMILES string of the molecule is Cc1ccc(S(=O)(=O)N(C)CC(=O)Nc2nc(-c3ccc(NS(C)(=O)=O)cc3)cs2)cc1. The Balaban J connectivity index is 1.63. The van der Waals surface area contributed by atoms with Crippen LogP contribution in [0.2, 0.25) is 0 Å². The Hall–Kier alpha value is -2.80. The van der Waals surface area contributed by atoms with E-state index in [2.05, 4.69) is 15.0 Å². The molecule has 0 saturated heterocycles. The molecule has 32 heavy (non-hydrogen) atoms. The molecule has 0 aliphatic rings. The molecule has 0 fully saturated rings. The maximum absolute atomic E-state index is 12.6. The van der Waals surface area contributed by atoms with Gasteiger partial charge < -0.3 is 5.32 Å². The molecular weight excluding hydrogens is 472 g/mol. The zero-order chi connectivity index (χ0) is 23.5. The summed E-state index contributed by atoms with van der Waals surface area (Å²) in [6.07, 6.45) is 1.07. The van der Waals surface area contributed by atoms with Crippen LogP contribution in [-0.4, -0.2) is 51.9 Å². The fourth-order valence-corrected chi connectivity index (χ4v) is 5.15. The third-order valence-electron chi connectivity index (χ3n) is 4.33. The highest BCUT2D eigenvalue weighted by Gasteiger charge is 2.23. The van der Waals surface area contributed by atoms with Gasteiger partial charge in [0.15, 0.2) is 5.13 Å². The molecular formula is C20H22N4O5S3. The Morgan fingerprint density at radius 3 is 2.25 bits per heavy atom. The summed E-state index contributed by atoms with van der Waals surface area (Å²) >= 11 is 1.20. The number of sulfonamides is 2. The molecule has 0 aliphatic heterocycles. The lowest BCUT2D eigenvalue weighted by Gasteiger charge is -2.16. The van der Waals surface area contributed by atoms with E-state index in [1.807, 2.05) is 6.92 Å². The van der Waals surface area contributed by atoms with E-state index in [1.54, 1.807) is 41.8 Å². The number of benzene rings is 2. The molecule has 0 aliphatic carbocycles. The monoisotopic (exact) mass is 494 g/mol. The topological polar surface area (TPSA) is 126 Å². The first-order valence-corrected chi connectivity index (χ1v) is 13.5. The van der Waals surface area contributed by atoms with Crippen molar-refractivity contribution in [2.75, 3.05) is 29.9 Å². The molecule has 1 aromatic heterocycles. The van der Waals surface area contributed by atoms with Crippen LogP contribution in [0, 0.1) is 6.92 Å². The molecule has 0 saturated carbocycles. The van der Waals surface area contributed by atoms with Crippen LogP contribution in [-0.2, 0) is 24.8 Å². The van der Waals surface area contributed by atoms with Gasteiger partial charge in [-0.05, 0) is 31.2 Å². The number of aromatic nitrogens is 1. The van der Waals surface area contributed by atoms with Crippen molar-refractivity contribution in [1.82, 2.24) is 9.29 Å². The minimum absolute atomic E-state index is 0.115. The Morgan fingerprint density at radius 2 is 1.66 bits per heavy atom. The summed E-state index contributed by atoms with van der Waals surface area (Å²) < 4.78 is 51.2.